The summed E-state index contributed by atoms with van der Waals surface area (Å²) >= 11 is 0. The van der Waals surface area contributed by atoms with Crippen molar-refractivity contribution in [3.63, 3.8) is 0 Å². The number of aliphatic hydroxyl groups is 5. The zero-order chi connectivity index (χ0) is 32.7. The molecule has 0 saturated carbocycles. The van der Waals surface area contributed by atoms with Gasteiger partial charge in [-0.15, -0.1) is 0 Å². The number of benzene rings is 2. The van der Waals surface area contributed by atoms with Crippen LogP contribution in [-0.2, 0) is 23.7 Å². The number of phenols is 3. The van der Waals surface area contributed by atoms with Crippen molar-refractivity contribution in [3.8, 4) is 28.7 Å². The van der Waals surface area contributed by atoms with Crippen LogP contribution < -0.4 is 9.47 Å². The van der Waals surface area contributed by atoms with Gasteiger partial charge in [-0.25, -0.2) is 0 Å². The fraction of sp³-hybridized carbons (Fsp3) is 0.517. The van der Waals surface area contributed by atoms with Gasteiger partial charge in [0.05, 0.1) is 19.1 Å². The molecule has 5 rings (SSSR count). The highest BCUT2D eigenvalue weighted by atomic mass is 16.7. The molecule has 16 heteroatoms. The minimum Gasteiger partial charge on any atom is -0.508 e. The number of carbonyl (C=O) groups is 2. The summed E-state index contributed by atoms with van der Waals surface area (Å²) in [6, 6.07) is 5.99. The highest BCUT2D eigenvalue weighted by Crippen LogP contribution is 2.44. The number of hydrogen-bond acceptors (Lipinski definition) is 16. The van der Waals surface area contributed by atoms with E-state index in [-0.39, 0.29) is 40.5 Å². The standard InChI is InChI=1S/C29H34O16/c1-10-22(36)26(45-28-25(39)24(38)23(37)20(9-30)44-28)27(41-11(2)31)29(40-10)43-17-4-3-12(32)5-14(17)18-8-16(35)21-15(34)6-13(33)7-19(21)42-18/h3-7,10,18,20,22-30,32-34,36-39H,8-9H2,1-2H3/t10-,18-,20+,22-,23+,24-,25+,26+,27+,28-,29-/m0/s1. The Kier molecular flexibility index (Phi) is 9.39. The first-order chi connectivity index (χ1) is 21.3. The maximum Gasteiger partial charge on any atom is 0.303 e. The van der Waals surface area contributed by atoms with Gasteiger partial charge < -0.3 is 69.3 Å². The lowest BCUT2D eigenvalue weighted by atomic mass is 9.94. The molecule has 3 aliphatic rings. The van der Waals surface area contributed by atoms with Gasteiger partial charge >= 0.3 is 5.97 Å². The average molecular weight is 639 g/mol. The van der Waals surface area contributed by atoms with E-state index in [1.165, 1.54) is 25.1 Å². The highest BCUT2D eigenvalue weighted by Gasteiger charge is 2.52. The van der Waals surface area contributed by atoms with Crippen LogP contribution in [0.2, 0.25) is 0 Å². The highest BCUT2D eigenvalue weighted by molar-refractivity contribution is 6.02. The molecule has 246 valence electrons. The van der Waals surface area contributed by atoms with Gasteiger partial charge in [-0.2, -0.15) is 0 Å². The Hall–Kier alpha value is -3.74. The summed E-state index contributed by atoms with van der Waals surface area (Å²) < 4.78 is 34.5. The monoisotopic (exact) mass is 638 g/mol. The first-order valence-electron chi connectivity index (χ1n) is 14.0. The Morgan fingerprint density at radius 1 is 0.911 bits per heavy atom. The molecule has 0 spiro atoms. The summed E-state index contributed by atoms with van der Waals surface area (Å²) in [6.45, 7) is 1.78. The van der Waals surface area contributed by atoms with Crippen molar-refractivity contribution in [2.24, 2.45) is 0 Å². The lowest BCUT2D eigenvalue weighted by molar-refractivity contribution is -0.351. The molecule has 2 aromatic carbocycles. The van der Waals surface area contributed by atoms with E-state index in [2.05, 4.69) is 0 Å². The van der Waals surface area contributed by atoms with Crippen molar-refractivity contribution in [3.05, 3.63) is 41.5 Å². The Bertz CT molecular complexity index is 1410. The third-order valence-corrected chi connectivity index (χ3v) is 7.77. The SMILES string of the molecule is CC(=O)O[C@H]1[C@H](Oc2ccc(O)cc2[C@@H]2CC(=O)c3c(O)cc(O)cc3O2)O[C@@H](C)[C@H](O)[C@H]1O[C@@H]1O[C@H](CO)[C@@H](O)[C@H](O)[C@H]1O. The average Bonchev–Trinajstić information content (AvgIpc) is 2.97. The minimum atomic E-state index is -1.84. The summed E-state index contributed by atoms with van der Waals surface area (Å²) in [5.41, 5.74) is 0.000360. The quantitative estimate of drug-likeness (QED) is 0.171. The van der Waals surface area contributed by atoms with Crippen LogP contribution in [0.15, 0.2) is 30.3 Å². The number of rotatable bonds is 7. The number of ketones is 1. The summed E-state index contributed by atoms with van der Waals surface area (Å²) in [5.74, 6) is -2.56. The van der Waals surface area contributed by atoms with Gasteiger partial charge in [0.25, 0.3) is 0 Å². The molecule has 0 unspecified atom stereocenters. The van der Waals surface area contributed by atoms with E-state index in [0.717, 1.165) is 19.1 Å². The van der Waals surface area contributed by atoms with Gasteiger partial charge in [-0.1, -0.05) is 0 Å². The Morgan fingerprint density at radius 3 is 2.33 bits per heavy atom. The molecule has 2 aromatic rings. The summed E-state index contributed by atoms with van der Waals surface area (Å²) in [7, 11) is 0. The van der Waals surface area contributed by atoms with E-state index in [4.69, 9.17) is 28.4 Å². The van der Waals surface area contributed by atoms with Gasteiger partial charge in [-0.05, 0) is 25.1 Å². The fourth-order valence-electron chi connectivity index (χ4n) is 5.51. The Labute approximate surface area is 255 Å². The molecule has 3 heterocycles. The third kappa shape index (κ3) is 6.49. The first kappa shape index (κ1) is 32.6. The van der Waals surface area contributed by atoms with Gasteiger partial charge in [0.2, 0.25) is 6.29 Å². The second-order valence-corrected chi connectivity index (χ2v) is 11.0. The maximum absolute atomic E-state index is 13.0. The predicted molar refractivity (Wildman–Crippen MR) is 145 cm³/mol. The van der Waals surface area contributed by atoms with E-state index >= 15 is 0 Å². The summed E-state index contributed by atoms with van der Waals surface area (Å²) in [6.07, 6.45) is -16.9. The van der Waals surface area contributed by atoms with Crippen LogP contribution >= 0.6 is 0 Å². The van der Waals surface area contributed by atoms with E-state index in [1.807, 2.05) is 0 Å². The number of hydrogen-bond donors (Lipinski definition) is 8. The van der Waals surface area contributed by atoms with Crippen LogP contribution in [0, 0.1) is 0 Å². The molecule has 0 aliphatic carbocycles. The number of carbonyl (C=O) groups excluding carboxylic acids is 2. The first-order valence-corrected chi connectivity index (χ1v) is 14.0. The molecular formula is C29H34O16. The van der Waals surface area contributed by atoms with Crippen LogP contribution in [-0.4, -0.2) is 121 Å². The van der Waals surface area contributed by atoms with Gasteiger partial charge in [0, 0.05) is 24.6 Å². The molecule has 8 N–H and O–H groups in total. The molecule has 16 nitrogen and oxygen atoms in total. The third-order valence-electron chi connectivity index (χ3n) is 7.77. The molecule has 0 aromatic heterocycles. The zero-order valence-electron chi connectivity index (χ0n) is 24.0. The van der Waals surface area contributed by atoms with Crippen LogP contribution in [0.3, 0.4) is 0 Å². The van der Waals surface area contributed by atoms with Crippen LogP contribution in [0.25, 0.3) is 0 Å². The molecule has 11 atom stereocenters. The molecule has 2 saturated heterocycles. The van der Waals surface area contributed by atoms with Crippen molar-refractivity contribution < 1.29 is 78.9 Å². The molecule has 2 fully saturated rings. The number of phenolic OH excluding ortho intramolecular Hbond substituents is 3. The number of fused-ring (bicyclic) bond motifs is 1. The summed E-state index contributed by atoms with van der Waals surface area (Å²) in [4.78, 5) is 25.1. The summed E-state index contributed by atoms with van der Waals surface area (Å²) in [5, 5.41) is 81.7. The number of aliphatic hydroxyl groups excluding tert-OH is 5. The fourth-order valence-corrected chi connectivity index (χ4v) is 5.51. The molecular weight excluding hydrogens is 604 g/mol. The molecule has 0 radical (unpaired) electrons. The van der Waals surface area contributed by atoms with E-state index in [0.29, 0.717) is 0 Å². The number of ether oxygens (including phenoxy) is 6. The Morgan fingerprint density at radius 2 is 1.64 bits per heavy atom. The second kappa shape index (κ2) is 12.9. The van der Waals surface area contributed by atoms with Crippen molar-refractivity contribution in [2.75, 3.05) is 6.61 Å². The van der Waals surface area contributed by atoms with E-state index in [1.54, 1.807) is 0 Å². The van der Waals surface area contributed by atoms with Crippen molar-refractivity contribution in [1.29, 1.82) is 0 Å². The number of esters is 1. The van der Waals surface area contributed by atoms with Gasteiger partial charge in [0.15, 0.2) is 18.2 Å². The normalized spacial score (nSPS) is 34.8. The topological polar surface area (TPSA) is 251 Å². The molecule has 0 bridgehead atoms. The maximum atomic E-state index is 13.0. The molecule has 3 aliphatic heterocycles. The van der Waals surface area contributed by atoms with Crippen molar-refractivity contribution in [1.82, 2.24) is 0 Å². The van der Waals surface area contributed by atoms with Crippen molar-refractivity contribution in [2.45, 2.75) is 87.8 Å². The van der Waals surface area contributed by atoms with E-state index < -0.39 is 91.6 Å². The van der Waals surface area contributed by atoms with E-state index in [9.17, 15) is 50.4 Å². The second-order valence-electron chi connectivity index (χ2n) is 11.0. The molecule has 0 amide bonds. The zero-order valence-corrected chi connectivity index (χ0v) is 24.0. The van der Waals surface area contributed by atoms with Crippen LogP contribution in [0.1, 0.15) is 42.3 Å². The predicted octanol–water partition coefficient (Wildman–Crippen LogP) is -0.889. The lowest BCUT2D eigenvalue weighted by Crippen LogP contribution is -2.65. The smallest absolute Gasteiger partial charge is 0.303 e. The Balaban J connectivity index is 1.45. The van der Waals surface area contributed by atoms with Gasteiger partial charge in [-0.3, -0.25) is 9.59 Å². The lowest BCUT2D eigenvalue weighted by Gasteiger charge is -2.46. The largest absolute Gasteiger partial charge is 0.508 e. The van der Waals surface area contributed by atoms with Crippen LogP contribution in [0.5, 0.6) is 28.7 Å². The number of aromatic hydroxyl groups is 3. The van der Waals surface area contributed by atoms with Gasteiger partial charge in [0.1, 0.15) is 77.0 Å². The minimum absolute atomic E-state index is 0.0178. The number of Topliss-reactive ketones (excluding diaryl/α,β-unsaturated/α-hetero) is 1. The van der Waals surface area contributed by atoms with Crippen LogP contribution in [0.4, 0.5) is 0 Å². The molecule has 45 heavy (non-hydrogen) atoms. The van der Waals surface area contributed by atoms with Crippen molar-refractivity contribution >= 4 is 11.8 Å².